The summed E-state index contributed by atoms with van der Waals surface area (Å²) in [6.07, 6.45) is 7.54. The van der Waals surface area contributed by atoms with Crippen LogP contribution < -0.4 is 14.8 Å². The Morgan fingerprint density at radius 1 is 1.19 bits per heavy atom. The van der Waals surface area contributed by atoms with E-state index in [0.29, 0.717) is 37.4 Å². The first-order valence-corrected chi connectivity index (χ1v) is 17.3. The molecule has 3 atom stereocenters. The van der Waals surface area contributed by atoms with Crippen LogP contribution in [-0.2, 0) is 28.8 Å². The molecule has 0 aliphatic carbocycles. The molecule has 1 aromatic heterocycles. The second-order valence-electron chi connectivity index (χ2n) is 15.0. The highest BCUT2D eigenvalue weighted by atomic mass is 19.1. The lowest BCUT2D eigenvalue weighted by Crippen LogP contribution is -2.38. The molecule has 3 aliphatic rings. The van der Waals surface area contributed by atoms with E-state index < -0.39 is 23.4 Å². The van der Waals surface area contributed by atoms with Crippen molar-refractivity contribution >= 4 is 11.6 Å². The van der Waals surface area contributed by atoms with Gasteiger partial charge in [-0.2, -0.15) is 0 Å². The third-order valence-electron chi connectivity index (χ3n) is 10.2. The fourth-order valence-corrected chi connectivity index (χ4v) is 6.75. The highest BCUT2D eigenvalue weighted by Gasteiger charge is 2.40. The lowest BCUT2D eigenvalue weighted by Gasteiger charge is -2.35. The number of carbonyl (C=O) groups is 1. The van der Waals surface area contributed by atoms with Gasteiger partial charge in [0.2, 0.25) is 0 Å². The summed E-state index contributed by atoms with van der Waals surface area (Å²) in [7, 11) is 1.71. The van der Waals surface area contributed by atoms with E-state index in [4.69, 9.17) is 19.2 Å². The Bertz CT molecular complexity index is 1450. The fraction of sp³-hybridized carbons (Fsp3) is 0.632. The molecular formula is C38H53F2N3O4. The lowest BCUT2D eigenvalue weighted by molar-refractivity contribution is -0.119. The first kappa shape index (κ1) is 35.3. The minimum Gasteiger partial charge on any atom is -0.496 e. The summed E-state index contributed by atoms with van der Waals surface area (Å²) in [5.74, 6) is 1.30. The summed E-state index contributed by atoms with van der Waals surface area (Å²) in [5.41, 5.74) is 2.75. The van der Waals surface area contributed by atoms with Crippen LogP contribution in [0.3, 0.4) is 0 Å². The quantitative estimate of drug-likeness (QED) is 0.187. The number of methoxy groups -OCH3 is 1. The first-order chi connectivity index (χ1) is 22.2. The monoisotopic (exact) mass is 653 g/mol. The van der Waals surface area contributed by atoms with Gasteiger partial charge in [0.05, 0.1) is 25.9 Å². The number of ketones is 1. The largest absolute Gasteiger partial charge is 0.496 e. The Labute approximate surface area is 279 Å². The fourth-order valence-electron chi connectivity index (χ4n) is 6.75. The van der Waals surface area contributed by atoms with Crippen LogP contribution in [0.5, 0.6) is 11.5 Å². The average Bonchev–Trinajstić information content (AvgIpc) is 3.47. The molecule has 0 amide bonds. The molecule has 0 spiro atoms. The van der Waals surface area contributed by atoms with Gasteiger partial charge in [0.15, 0.2) is 5.78 Å². The molecule has 258 valence electrons. The number of hydrogen-bond acceptors (Lipinski definition) is 7. The zero-order valence-electron chi connectivity index (χ0n) is 29.3. The Hall–Kier alpha value is -3.04. The smallest absolute Gasteiger partial charge is 0.177 e. The van der Waals surface area contributed by atoms with E-state index in [1.807, 2.05) is 6.92 Å². The number of hydrogen-bond donors (Lipinski definition) is 1. The number of anilines is 1. The molecule has 0 radical (unpaired) electrons. The second kappa shape index (κ2) is 14.6. The molecule has 3 aliphatic heterocycles. The molecule has 9 heteroatoms. The minimum atomic E-state index is -1.48. The number of likely N-dealkylation sites (tertiary alicyclic amines) is 1. The SMILES string of the molecule is COc1cc(CCCCO[C@@H]2CCN(C(C(=O)/C=C(/C)C(C)(C)C)c3cc(F)cc4c3CC(C(C)(C)F)CO4)C2)nc2c1CCCN2. The topological polar surface area (TPSA) is 72.9 Å². The third kappa shape index (κ3) is 8.52. The van der Waals surface area contributed by atoms with Crippen molar-refractivity contribution in [1.29, 1.82) is 0 Å². The lowest BCUT2D eigenvalue weighted by atomic mass is 9.81. The van der Waals surface area contributed by atoms with Crippen molar-refractivity contribution in [3.8, 4) is 11.5 Å². The third-order valence-corrected chi connectivity index (χ3v) is 10.2. The Kier molecular flexibility index (Phi) is 11.0. The van der Waals surface area contributed by atoms with Crippen LogP contribution in [0.4, 0.5) is 14.6 Å². The summed E-state index contributed by atoms with van der Waals surface area (Å²) in [5, 5.41) is 3.40. The maximum Gasteiger partial charge on any atom is 0.177 e. The number of aromatic nitrogens is 1. The number of pyridine rings is 1. The second-order valence-corrected chi connectivity index (χ2v) is 15.0. The van der Waals surface area contributed by atoms with Gasteiger partial charge >= 0.3 is 0 Å². The van der Waals surface area contributed by atoms with E-state index in [0.717, 1.165) is 79.0 Å². The maximum absolute atomic E-state index is 15.1. The molecule has 47 heavy (non-hydrogen) atoms. The van der Waals surface area contributed by atoms with Crippen molar-refractivity contribution in [2.45, 2.75) is 104 Å². The summed E-state index contributed by atoms with van der Waals surface area (Å²) in [6.45, 7) is 14.2. The average molecular weight is 654 g/mol. The number of nitrogens with one attached hydrogen (secondary N) is 1. The summed E-state index contributed by atoms with van der Waals surface area (Å²) in [4.78, 5) is 21.1. The molecular weight excluding hydrogens is 600 g/mol. The van der Waals surface area contributed by atoms with Gasteiger partial charge in [-0.3, -0.25) is 9.69 Å². The van der Waals surface area contributed by atoms with Crippen LogP contribution in [0.25, 0.3) is 0 Å². The van der Waals surface area contributed by atoms with Crippen LogP contribution in [0.2, 0.25) is 0 Å². The van der Waals surface area contributed by atoms with Crippen molar-refractivity contribution in [2.24, 2.45) is 11.3 Å². The van der Waals surface area contributed by atoms with Gasteiger partial charge in [-0.25, -0.2) is 13.8 Å². The minimum absolute atomic E-state index is 0.0395. The predicted molar refractivity (Wildman–Crippen MR) is 182 cm³/mol. The molecule has 5 rings (SSSR count). The molecule has 0 saturated carbocycles. The molecule has 2 aromatic rings. The van der Waals surface area contributed by atoms with Crippen LogP contribution in [0, 0.1) is 17.2 Å². The van der Waals surface area contributed by atoms with Gasteiger partial charge in [0.25, 0.3) is 0 Å². The Morgan fingerprint density at radius 2 is 1.98 bits per heavy atom. The van der Waals surface area contributed by atoms with Gasteiger partial charge < -0.3 is 19.5 Å². The number of unbranched alkanes of at least 4 members (excludes halogenated alkanes) is 1. The molecule has 2 unspecified atom stereocenters. The molecule has 1 aromatic carbocycles. The van der Waals surface area contributed by atoms with Crippen molar-refractivity contribution < 1.29 is 27.8 Å². The number of allylic oxidation sites excluding steroid dienone is 1. The van der Waals surface area contributed by atoms with Gasteiger partial charge in [-0.05, 0) is 88.8 Å². The van der Waals surface area contributed by atoms with E-state index in [-0.39, 0.29) is 23.9 Å². The summed E-state index contributed by atoms with van der Waals surface area (Å²) >= 11 is 0. The van der Waals surface area contributed by atoms with E-state index in [2.05, 4.69) is 37.1 Å². The number of ether oxygens (including phenoxy) is 3. The molecule has 0 bridgehead atoms. The maximum atomic E-state index is 15.1. The van der Waals surface area contributed by atoms with E-state index in [1.165, 1.54) is 12.1 Å². The summed E-state index contributed by atoms with van der Waals surface area (Å²) < 4.78 is 48.1. The normalized spacial score (nSPS) is 21.0. The number of fused-ring (bicyclic) bond motifs is 2. The van der Waals surface area contributed by atoms with Gasteiger partial charge in [-0.1, -0.05) is 26.3 Å². The number of rotatable bonds is 12. The van der Waals surface area contributed by atoms with Crippen molar-refractivity contribution in [3.05, 3.63) is 58.0 Å². The number of aryl methyl sites for hydroxylation is 1. The van der Waals surface area contributed by atoms with E-state index in [1.54, 1.807) is 27.0 Å². The van der Waals surface area contributed by atoms with Crippen molar-refractivity contribution in [3.63, 3.8) is 0 Å². The Morgan fingerprint density at radius 3 is 2.70 bits per heavy atom. The van der Waals surface area contributed by atoms with Crippen molar-refractivity contribution in [1.82, 2.24) is 9.88 Å². The van der Waals surface area contributed by atoms with Crippen LogP contribution >= 0.6 is 0 Å². The molecule has 4 heterocycles. The number of halogens is 2. The standard InChI is InChI=1S/C38H53F2N3O4/c1-24(37(2,3)4)17-32(44)35(31-19-26(39)20-34-30(31)18-25(23-47-34)38(5,6)40)43-15-13-28(22-43)46-16-9-8-11-27-21-33(45-7)29-12-10-14-41-36(29)42-27/h17,19-21,25,28,35H,8-16,18,22-23H2,1-7H3,(H,41,42)/b24-17-/t25?,28-,35?/m1/s1. The van der Waals surface area contributed by atoms with Gasteiger partial charge in [-0.15, -0.1) is 0 Å². The number of benzene rings is 1. The Balaban J connectivity index is 1.27. The molecule has 1 saturated heterocycles. The zero-order valence-corrected chi connectivity index (χ0v) is 29.3. The molecule has 7 nitrogen and oxygen atoms in total. The van der Waals surface area contributed by atoms with E-state index in [9.17, 15) is 4.79 Å². The van der Waals surface area contributed by atoms with Gasteiger partial charge in [0, 0.05) is 61.1 Å². The zero-order chi connectivity index (χ0) is 33.9. The predicted octanol–water partition coefficient (Wildman–Crippen LogP) is 7.60. The highest BCUT2D eigenvalue weighted by molar-refractivity contribution is 5.96. The molecule has 1 fully saturated rings. The molecule has 1 N–H and O–H groups in total. The van der Waals surface area contributed by atoms with Crippen LogP contribution in [0.15, 0.2) is 29.8 Å². The summed E-state index contributed by atoms with van der Waals surface area (Å²) in [6, 6.07) is 4.16. The van der Waals surface area contributed by atoms with E-state index >= 15 is 8.78 Å². The van der Waals surface area contributed by atoms with Crippen molar-refractivity contribution in [2.75, 3.05) is 45.3 Å². The number of alkyl halides is 1. The highest BCUT2D eigenvalue weighted by Crippen LogP contribution is 2.41. The number of carbonyl (C=O) groups excluding carboxylic acids is 1. The van der Waals surface area contributed by atoms with Crippen LogP contribution in [-0.4, -0.2) is 67.4 Å². The first-order valence-electron chi connectivity index (χ1n) is 17.3. The number of nitrogens with zero attached hydrogens (tertiary/aromatic N) is 2. The van der Waals surface area contributed by atoms with Crippen LogP contribution in [0.1, 0.15) is 95.7 Å². The van der Waals surface area contributed by atoms with Gasteiger partial charge in [0.1, 0.15) is 28.8 Å².